The van der Waals surface area contributed by atoms with Crippen molar-refractivity contribution in [3.63, 3.8) is 0 Å². The monoisotopic (exact) mass is 591 g/mol. The predicted octanol–water partition coefficient (Wildman–Crippen LogP) is 5.63. The number of hydrogen-bond donors (Lipinski definition) is 0. The highest BCUT2D eigenvalue weighted by Gasteiger charge is 2.33. The fraction of sp³-hybridized carbons (Fsp3) is 0.241. The highest BCUT2D eigenvalue weighted by Crippen LogP contribution is 2.38. The minimum atomic E-state index is -4.75. The Morgan fingerprint density at radius 2 is 1.81 bits per heavy atom. The van der Waals surface area contributed by atoms with Gasteiger partial charge in [-0.1, -0.05) is 30.0 Å². The van der Waals surface area contributed by atoms with Crippen molar-refractivity contribution in [3.05, 3.63) is 76.9 Å². The Morgan fingerprint density at radius 3 is 2.52 bits per heavy atom. The van der Waals surface area contributed by atoms with Crippen LogP contribution in [0.4, 0.5) is 18.9 Å². The third kappa shape index (κ3) is 5.27. The number of carbonyl (C=O) groups is 1. The van der Waals surface area contributed by atoms with Gasteiger partial charge in [-0.05, 0) is 62.1 Å². The van der Waals surface area contributed by atoms with Crippen molar-refractivity contribution >= 4 is 34.7 Å². The maximum Gasteiger partial charge on any atom is 0.573 e. The Bertz CT molecular complexity index is 1740. The highest BCUT2D eigenvalue weighted by atomic mass is 32.2. The molecule has 3 heterocycles. The first-order valence-electron chi connectivity index (χ1n) is 13.0. The molecule has 0 unspecified atom stereocenters. The van der Waals surface area contributed by atoms with Gasteiger partial charge in [0.2, 0.25) is 5.91 Å². The van der Waals surface area contributed by atoms with E-state index in [0.717, 1.165) is 50.6 Å². The maximum atomic E-state index is 12.7. The van der Waals surface area contributed by atoms with E-state index in [1.807, 2.05) is 32.0 Å². The van der Waals surface area contributed by atoms with Crippen molar-refractivity contribution in [2.45, 2.75) is 33.1 Å². The Hall–Kier alpha value is -4.52. The second-order valence-corrected chi connectivity index (χ2v) is 10.8. The number of para-hydroxylation sites is 1. The lowest BCUT2D eigenvalue weighted by Gasteiger charge is -2.20. The lowest BCUT2D eigenvalue weighted by Crippen LogP contribution is -2.30. The van der Waals surface area contributed by atoms with Crippen LogP contribution in [0, 0.1) is 13.8 Å². The summed E-state index contributed by atoms with van der Waals surface area (Å²) < 4.78 is 43.4. The molecule has 214 valence electrons. The van der Waals surface area contributed by atoms with Crippen molar-refractivity contribution in [3.8, 4) is 28.3 Å². The van der Waals surface area contributed by atoms with Crippen LogP contribution in [-0.2, 0) is 24.7 Å². The summed E-state index contributed by atoms with van der Waals surface area (Å²) in [6, 6.07) is 11.6. The van der Waals surface area contributed by atoms with Crippen LogP contribution in [0.2, 0.25) is 0 Å². The second kappa shape index (κ2) is 10.7. The number of hydrogen-bond acceptors (Lipinski definition) is 8. The number of benzene rings is 2. The maximum absolute atomic E-state index is 12.7. The van der Waals surface area contributed by atoms with Crippen molar-refractivity contribution in [1.82, 2.24) is 19.7 Å². The number of fused-ring (bicyclic) bond motifs is 3. The number of aryl methyl sites for hydroxylation is 4. The van der Waals surface area contributed by atoms with Gasteiger partial charge >= 0.3 is 6.36 Å². The van der Waals surface area contributed by atoms with Crippen LogP contribution in [-0.4, -0.2) is 49.2 Å². The molecule has 0 bridgehead atoms. The fourth-order valence-electron chi connectivity index (χ4n) is 5.27. The Balaban J connectivity index is 1.24. The first kappa shape index (κ1) is 27.6. The van der Waals surface area contributed by atoms with Gasteiger partial charge in [-0.3, -0.25) is 14.4 Å². The molecule has 42 heavy (non-hydrogen) atoms. The number of rotatable bonds is 5. The van der Waals surface area contributed by atoms with Crippen molar-refractivity contribution < 1.29 is 22.7 Å². The summed E-state index contributed by atoms with van der Waals surface area (Å²) in [6.45, 7) is 3.92. The number of alkyl halides is 3. The van der Waals surface area contributed by atoms with Gasteiger partial charge in [0.05, 0.1) is 34.7 Å². The van der Waals surface area contributed by atoms with Gasteiger partial charge in [0, 0.05) is 29.9 Å². The summed E-state index contributed by atoms with van der Waals surface area (Å²) in [5.74, 6) is 0.340. The van der Waals surface area contributed by atoms with Gasteiger partial charge in [0.1, 0.15) is 5.75 Å². The summed E-state index contributed by atoms with van der Waals surface area (Å²) in [6.07, 6.45) is -0.320. The zero-order valence-corrected chi connectivity index (χ0v) is 23.6. The molecule has 0 saturated carbocycles. The fourth-order valence-corrected chi connectivity index (χ4v) is 6.08. The van der Waals surface area contributed by atoms with Crippen LogP contribution in [0.3, 0.4) is 0 Å². The number of anilines is 1. The number of ether oxygens (including phenoxy) is 1. The molecule has 0 N–H and O–H groups in total. The average molecular weight is 592 g/mol. The molecule has 1 fully saturated rings. The molecule has 2 aliphatic rings. The molecule has 0 spiro atoms. The third-order valence-corrected chi connectivity index (χ3v) is 7.92. The molecule has 1 saturated heterocycles. The third-order valence-electron chi connectivity index (χ3n) is 7.00. The number of thioether (sulfide) groups is 1. The van der Waals surface area contributed by atoms with Gasteiger partial charge in [-0.25, -0.2) is 9.97 Å². The Labute approximate surface area is 243 Å². The van der Waals surface area contributed by atoms with E-state index in [1.165, 1.54) is 30.1 Å². The summed E-state index contributed by atoms with van der Waals surface area (Å²) in [7, 11) is 1.79. The number of amides is 1. The normalized spacial score (nSPS) is 15.9. The van der Waals surface area contributed by atoms with Crippen LogP contribution in [0.15, 0.2) is 58.9 Å². The van der Waals surface area contributed by atoms with E-state index in [2.05, 4.69) is 30.0 Å². The van der Waals surface area contributed by atoms with Crippen molar-refractivity contribution in [2.24, 2.45) is 17.3 Å². The standard InChI is InChI=1S/C29H24F3N7O2S/c1-16-5-4-6-17(2)26(16)39-24(40)15-42-28(39)36-34-14-23-33-13-21-22(35-23)12-11-20-25(21)37-38(3)27(20)18-7-9-19(10-8-18)41-29(30,31)32/h4-10,13-14H,11-12,15H2,1-3H3. The molecule has 4 aromatic rings. The SMILES string of the molecule is Cc1cccc(C)c1N1C(=O)CSC1=NN=Cc1ncc2c(n1)CCc1c-2nn(C)c1-c1ccc(OC(F)(F)F)cc1. The molecule has 1 amide bonds. The second-order valence-electron chi connectivity index (χ2n) is 9.85. The topological polar surface area (TPSA) is 97.9 Å². The molecular formula is C29H24F3N7O2S. The van der Waals surface area contributed by atoms with E-state index in [9.17, 15) is 18.0 Å². The van der Waals surface area contributed by atoms with Gasteiger partial charge in [-0.15, -0.1) is 18.3 Å². The zero-order chi connectivity index (χ0) is 29.6. The molecule has 2 aromatic carbocycles. The van der Waals surface area contributed by atoms with E-state index in [1.54, 1.807) is 35.0 Å². The first-order valence-corrected chi connectivity index (χ1v) is 14.0. The molecule has 6 rings (SSSR count). The smallest absolute Gasteiger partial charge is 0.406 e. The Kier molecular flexibility index (Phi) is 7.05. The van der Waals surface area contributed by atoms with Gasteiger partial charge in [0.25, 0.3) is 0 Å². The molecule has 13 heteroatoms. The minimum absolute atomic E-state index is 0.0486. The molecule has 1 aliphatic carbocycles. The summed E-state index contributed by atoms with van der Waals surface area (Å²) in [5.41, 5.74) is 7.62. The predicted molar refractivity (Wildman–Crippen MR) is 155 cm³/mol. The van der Waals surface area contributed by atoms with Gasteiger partial charge < -0.3 is 4.74 Å². The zero-order valence-electron chi connectivity index (χ0n) is 22.8. The van der Waals surface area contributed by atoms with E-state index in [0.29, 0.717) is 23.8 Å². The van der Waals surface area contributed by atoms with E-state index >= 15 is 0 Å². The van der Waals surface area contributed by atoms with Gasteiger partial charge in [0.15, 0.2) is 11.0 Å². The largest absolute Gasteiger partial charge is 0.573 e. The summed E-state index contributed by atoms with van der Waals surface area (Å²) in [4.78, 5) is 23.4. The number of halogens is 3. The van der Waals surface area contributed by atoms with E-state index < -0.39 is 6.36 Å². The van der Waals surface area contributed by atoms with Crippen molar-refractivity contribution in [1.29, 1.82) is 0 Å². The van der Waals surface area contributed by atoms with Crippen LogP contribution in [0.25, 0.3) is 22.5 Å². The van der Waals surface area contributed by atoms with Crippen molar-refractivity contribution in [2.75, 3.05) is 10.7 Å². The number of nitrogens with zero attached hydrogens (tertiary/aromatic N) is 7. The van der Waals surface area contributed by atoms with Crippen LogP contribution < -0.4 is 9.64 Å². The molecule has 0 atom stereocenters. The summed E-state index contributed by atoms with van der Waals surface area (Å²) >= 11 is 1.33. The van der Waals surface area contributed by atoms with Gasteiger partial charge in [-0.2, -0.15) is 10.2 Å². The highest BCUT2D eigenvalue weighted by molar-refractivity contribution is 8.15. The molecule has 0 radical (unpaired) electrons. The van der Waals surface area contributed by atoms with Crippen LogP contribution in [0.1, 0.15) is 28.2 Å². The minimum Gasteiger partial charge on any atom is -0.406 e. The summed E-state index contributed by atoms with van der Waals surface area (Å²) in [5, 5.41) is 13.7. The molecule has 1 aliphatic heterocycles. The number of carbonyl (C=O) groups excluding carboxylic acids is 1. The lowest BCUT2D eigenvalue weighted by molar-refractivity contribution is -0.274. The average Bonchev–Trinajstić information content (AvgIpc) is 3.47. The Morgan fingerprint density at radius 1 is 1.07 bits per heavy atom. The van der Waals surface area contributed by atoms with E-state index in [-0.39, 0.29) is 17.4 Å². The molecule has 2 aromatic heterocycles. The molecular weight excluding hydrogens is 567 g/mol. The van der Waals surface area contributed by atoms with E-state index in [4.69, 9.17) is 0 Å². The lowest BCUT2D eigenvalue weighted by atomic mass is 9.91. The molecule has 9 nitrogen and oxygen atoms in total. The quantitative estimate of drug-likeness (QED) is 0.221. The number of aromatic nitrogens is 4. The number of amidine groups is 1. The van der Waals surface area contributed by atoms with Crippen LogP contribution in [0.5, 0.6) is 5.75 Å². The van der Waals surface area contributed by atoms with Crippen LogP contribution >= 0.6 is 11.8 Å². The first-order chi connectivity index (χ1) is 20.1.